The molecule has 5 heteroatoms. The Morgan fingerprint density at radius 1 is 1.12 bits per heavy atom. The van der Waals surface area contributed by atoms with Gasteiger partial charge < -0.3 is 20.1 Å². The molecule has 3 rings (SSSR count). The first-order valence-electron chi connectivity index (χ1n) is 8.10. The van der Waals surface area contributed by atoms with Gasteiger partial charge in [-0.2, -0.15) is 0 Å². The van der Waals surface area contributed by atoms with Crippen molar-refractivity contribution in [2.24, 2.45) is 0 Å². The number of fused-ring (bicyclic) bond motifs is 1. The van der Waals surface area contributed by atoms with Crippen molar-refractivity contribution in [1.82, 2.24) is 5.32 Å². The lowest BCUT2D eigenvalue weighted by molar-refractivity contribution is 0.174. The van der Waals surface area contributed by atoms with Crippen molar-refractivity contribution < 1.29 is 14.3 Å². The predicted octanol–water partition coefficient (Wildman–Crippen LogP) is 4.51. The molecule has 0 aliphatic carbocycles. The van der Waals surface area contributed by atoms with E-state index in [0.29, 0.717) is 17.2 Å². The Balaban J connectivity index is 1.71. The minimum absolute atomic E-state index is 0.205. The molecule has 0 saturated carbocycles. The minimum Gasteiger partial charge on any atom is -0.454 e. The molecule has 2 aromatic rings. The largest absolute Gasteiger partial charge is 0.454 e. The number of carbonyl (C=O) groups excluding carboxylic acids is 1. The third kappa shape index (κ3) is 3.76. The van der Waals surface area contributed by atoms with E-state index in [1.807, 2.05) is 45.0 Å². The number of allylic oxidation sites excluding steroid dienone is 1. The number of anilines is 1. The third-order valence-electron chi connectivity index (χ3n) is 4.13. The molecule has 2 aromatic carbocycles. The summed E-state index contributed by atoms with van der Waals surface area (Å²) in [5, 5.41) is 5.83. The molecule has 1 heterocycles. The molecular weight excluding hydrogens is 316 g/mol. The molecule has 0 atom stereocenters. The van der Waals surface area contributed by atoms with Gasteiger partial charge in [0.15, 0.2) is 11.5 Å². The van der Waals surface area contributed by atoms with E-state index in [0.717, 1.165) is 16.7 Å². The number of hydrogen-bond donors (Lipinski definition) is 2. The van der Waals surface area contributed by atoms with Gasteiger partial charge in [-0.3, -0.25) is 0 Å². The Labute approximate surface area is 147 Å². The van der Waals surface area contributed by atoms with E-state index in [9.17, 15) is 4.79 Å². The normalized spacial score (nSPS) is 12.6. The van der Waals surface area contributed by atoms with Crippen LogP contribution in [0.2, 0.25) is 0 Å². The fraction of sp³-hybridized carbons (Fsp3) is 0.250. The standard InChI is InChI=1S/C20H22N2O3/c1-13(2)14-6-5-7-15(10-14)20(3,4)22-19(23)21-16-8-9-17-18(11-16)25-12-24-17/h5-11H,1,12H2,2-4H3,(H2,21,22,23). The summed E-state index contributed by atoms with van der Waals surface area (Å²) < 4.78 is 10.6. The van der Waals surface area contributed by atoms with Crippen LogP contribution in [0.1, 0.15) is 31.9 Å². The summed E-state index contributed by atoms with van der Waals surface area (Å²) in [7, 11) is 0. The zero-order chi connectivity index (χ0) is 18.0. The molecule has 25 heavy (non-hydrogen) atoms. The van der Waals surface area contributed by atoms with E-state index >= 15 is 0 Å². The molecule has 1 aliphatic heterocycles. The van der Waals surface area contributed by atoms with Crippen molar-refractivity contribution >= 4 is 17.3 Å². The fourth-order valence-electron chi connectivity index (χ4n) is 2.67. The van der Waals surface area contributed by atoms with Crippen LogP contribution >= 0.6 is 0 Å². The maximum absolute atomic E-state index is 12.4. The summed E-state index contributed by atoms with van der Waals surface area (Å²) in [5.41, 5.74) is 3.17. The summed E-state index contributed by atoms with van der Waals surface area (Å²) in [4.78, 5) is 12.4. The van der Waals surface area contributed by atoms with Crippen LogP contribution in [0, 0.1) is 0 Å². The number of carbonyl (C=O) groups is 1. The SMILES string of the molecule is C=C(C)c1cccc(C(C)(C)NC(=O)Nc2ccc3c(c2)OCO3)c1. The van der Waals surface area contributed by atoms with Crippen molar-refractivity contribution in [2.75, 3.05) is 12.1 Å². The van der Waals surface area contributed by atoms with Crippen molar-refractivity contribution in [3.63, 3.8) is 0 Å². The average Bonchev–Trinajstić information content (AvgIpc) is 3.02. The number of nitrogens with one attached hydrogen (secondary N) is 2. The van der Waals surface area contributed by atoms with Crippen LogP contribution in [0.15, 0.2) is 49.0 Å². The van der Waals surface area contributed by atoms with E-state index < -0.39 is 5.54 Å². The smallest absolute Gasteiger partial charge is 0.319 e. The van der Waals surface area contributed by atoms with Crippen molar-refractivity contribution in [1.29, 1.82) is 0 Å². The first kappa shape index (κ1) is 16.9. The van der Waals surface area contributed by atoms with Crippen LogP contribution in [0.4, 0.5) is 10.5 Å². The van der Waals surface area contributed by atoms with Gasteiger partial charge in [-0.25, -0.2) is 4.79 Å². The summed E-state index contributed by atoms with van der Waals surface area (Å²) in [6.45, 7) is 10.1. The molecule has 130 valence electrons. The zero-order valence-electron chi connectivity index (χ0n) is 14.7. The predicted molar refractivity (Wildman–Crippen MR) is 98.9 cm³/mol. The highest BCUT2D eigenvalue weighted by Crippen LogP contribution is 2.34. The van der Waals surface area contributed by atoms with Gasteiger partial charge in [0, 0.05) is 11.8 Å². The highest BCUT2D eigenvalue weighted by Gasteiger charge is 2.23. The molecule has 0 unspecified atom stereocenters. The highest BCUT2D eigenvalue weighted by molar-refractivity contribution is 5.90. The lowest BCUT2D eigenvalue weighted by Crippen LogP contribution is -2.43. The van der Waals surface area contributed by atoms with E-state index in [2.05, 4.69) is 17.2 Å². The monoisotopic (exact) mass is 338 g/mol. The Kier molecular flexibility index (Phi) is 4.40. The Hall–Kier alpha value is -2.95. The minimum atomic E-state index is -0.536. The summed E-state index contributed by atoms with van der Waals surface area (Å²) in [6.07, 6.45) is 0. The first-order chi connectivity index (χ1) is 11.8. The molecule has 0 fully saturated rings. The Morgan fingerprint density at radius 2 is 1.88 bits per heavy atom. The Morgan fingerprint density at radius 3 is 2.64 bits per heavy atom. The third-order valence-corrected chi connectivity index (χ3v) is 4.13. The number of ether oxygens (including phenoxy) is 2. The number of amides is 2. The molecule has 5 nitrogen and oxygen atoms in total. The first-order valence-corrected chi connectivity index (χ1v) is 8.10. The van der Waals surface area contributed by atoms with Gasteiger partial charge in [-0.15, -0.1) is 0 Å². The van der Waals surface area contributed by atoms with Crippen molar-refractivity contribution in [3.05, 3.63) is 60.2 Å². The van der Waals surface area contributed by atoms with Crippen molar-refractivity contribution in [3.8, 4) is 11.5 Å². The van der Waals surface area contributed by atoms with Gasteiger partial charge in [-0.05, 0) is 50.1 Å². The lowest BCUT2D eigenvalue weighted by Gasteiger charge is -2.27. The van der Waals surface area contributed by atoms with Crippen molar-refractivity contribution in [2.45, 2.75) is 26.3 Å². The van der Waals surface area contributed by atoms with Crippen LogP contribution < -0.4 is 20.1 Å². The van der Waals surface area contributed by atoms with Gasteiger partial charge >= 0.3 is 6.03 Å². The summed E-state index contributed by atoms with van der Waals surface area (Å²) in [5.74, 6) is 1.31. The van der Waals surface area contributed by atoms with Gasteiger partial charge in [0.2, 0.25) is 6.79 Å². The highest BCUT2D eigenvalue weighted by atomic mass is 16.7. The van der Waals surface area contributed by atoms with E-state index in [-0.39, 0.29) is 12.8 Å². The van der Waals surface area contributed by atoms with Crippen LogP contribution in [0.5, 0.6) is 11.5 Å². The molecule has 0 saturated heterocycles. The maximum atomic E-state index is 12.4. The molecule has 0 aromatic heterocycles. The molecule has 2 amide bonds. The molecular formula is C20H22N2O3. The second-order valence-corrected chi connectivity index (χ2v) is 6.63. The second kappa shape index (κ2) is 6.51. The Bertz CT molecular complexity index is 827. The van der Waals surface area contributed by atoms with Crippen LogP contribution in [-0.4, -0.2) is 12.8 Å². The van der Waals surface area contributed by atoms with Gasteiger partial charge in [-0.1, -0.05) is 30.4 Å². The number of urea groups is 1. The summed E-state index contributed by atoms with van der Waals surface area (Å²) in [6, 6.07) is 13.0. The van der Waals surface area contributed by atoms with Crippen LogP contribution in [0.3, 0.4) is 0 Å². The van der Waals surface area contributed by atoms with E-state index in [4.69, 9.17) is 9.47 Å². The van der Waals surface area contributed by atoms with Crippen LogP contribution in [-0.2, 0) is 5.54 Å². The second-order valence-electron chi connectivity index (χ2n) is 6.63. The molecule has 0 spiro atoms. The van der Waals surface area contributed by atoms with Gasteiger partial charge in [0.25, 0.3) is 0 Å². The van der Waals surface area contributed by atoms with Crippen LogP contribution in [0.25, 0.3) is 5.57 Å². The zero-order valence-corrected chi connectivity index (χ0v) is 14.7. The molecule has 2 N–H and O–H groups in total. The number of benzene rings is 2. The summed E-state index contributed by atoms with van der Waals surface area (Å²) >= 11 is 0. The fourth-order valence-corrected chi connectivity index (χ4v) is 2.67. The van der Waals surface area contributed by atoms with Gasteiger partial charge in [0.05, 0.1) is 5.54 Å². The average molecular weight is 338 g/mol. The topological polar surface area (TPSA) is 59.6 Å². The van der Waals surface area contributed by atoms with E-state index in [1.54, 1.807) is 18.2 Å². The number of hydrogen-bond acceptors (Lipinski definition) is 3. The molecule has 0 radical (unpaired) electrons. The lowest BCUT2D eigenvalue weighted by atomic mass is 9.92. The number of rotatable bonds is 4. The van der Waals surface area contributed by atoms with Gasteiger partial charge in [0.1, 0.15) is 0 Å². The van der Waals surface area contributed by atoms with E-state index in [1.165, 1.54) is 0 Å². The molecule has 0 bridgehead atoms. The molecule has 1 aliphatic rings. The maximum Gasteiger partial charge on any atom is 0.319 e. The quantitative estimate of drug-likeness (QED) is 0.862.